The topological polar surface area (TPSA) is 49.2 Å². The van der Waals surface area contributed by atoms with Crippen LogP contribution in [-0.4, -0.2) is 29.0 Å². The minimum atomic E-state index is -0.0891. The zero-order valence-corrected chi connectivity index (χ0v) is 17.6. The second-order valence-electron chi connectivity index (χ2n) is 6.33. The molecule has 1 heterocycles. The Kier molecular flexibility index (Phi) is 9.38. The van der Waals surface area contributed by atoms with Gasteiger partial charge in [0.05, 0.1) is 19.3 Å². The summed E-state index contributed by atoms with van der Waals surface area (Å²) in [7, 11) is 3.40. The molecule has 0 aliphatic carbocycles. The normalized spacial score (nSPS) is 12.2. The van der Waals surface area contributed by atoms with Gasteiger partial charge in [0, 0.05) is 7.11 Å². The average molecular weight is 431 g/mol. The molecule has 3 aromatic carbocycles. The van der Waals surface area contributed by atoms with Crippen molar-refractivity contribution < 1.29 is 26.5 Å². The van der Waals surface area contributed by atoms with Crippen molar-refractivity contribution in [1.82, 2.24) is 14.8 Å². The Balaban J connectivity index is 0.000000437. The largest absolute Gasteiger partial charge is 2.00 e. The predicted octanol–water partition coefficient (Wildman–Crippen LogP) is 4.58. The molecular weight excluding hydrogens is 406 g/mol. The Morgan fingerprint density at radius 2 is 1.72 bits per heavy atom. The summed E-state index contributed by atoms with van der Waals surface area (Å²) < 4.78 is 12.9. The fourth-order valence-electron chi connectivity index (χ4n) is 3.15. The van der Waals surface area contributed by atoms with E-state index in [0.717, 1.165) is 17.7 Å². The van der Waals surface area contributed by atoms with Crippen molar-refractivity contribution in [1.29, 1.82) is 0 Å². The maximum absolute atomic E-state index is 5.78. The fraction of sp³-hybridized carbons (Fsp3) is 0.217. The molecular formula is C23H25FeN3O2. The molecule has 0 amide bonds. The summed E-state index contributed by atoms with van der Waals surface area (Å²) in [6.07, 6.45) is 3.99. The molecule has 0 fully saturated rings. The Hall–Kier alpha value is -2.66. The van der Waals surface area contributed by atoms with E-state index in [1.165, 1.54) is 5.56 Å². The zero-order valence-electron chi connectivity index (χ0n) is 16.5. The van der Waals surface area contributed by atoms with Crippen molar-refractivity contribution in [2.75, 3.05) is 14.2 Å². The van der Waals surface area contributed by atoms with Crippen LogP contribution in [0.15, 0.2) is 91.5 Å². The molecule has 29 heavy (non-hydrogen) atoms. The van der Waals surface area contributed by atoms with Gasteiger partial charge >= 0.3 is 17.1 Å². The van der Waals surface area contributed by atoms with Crippen LogP contribution in [0.2, 0.25) is 0 Å². The van der Waals surface area contributed by atoms with Crippen molar-refractivity contribution in [3.63, 3.8) is 0 Å². The van der Waals surface area contributed by atoms with Crippen LogP contribution >= 0.6 is 0 Å². The molecule has 4 rings (SSSR count). The van der Waals surface area contributed by atoms with E-state index in [9.17, 15) is 0 Å². The van der Waals surface area contributed by atoms with Gasteiger partial charge in [-0.1, -0.05) is 12.1 Å². The number of aromatic nitrogens is 3. The summed E-state index contributed by atoms with van der Waals surface area (Å²) in [5, 5.41) is 4.33. The van der Waals surface area contributed by atoms with Gasteiger partial charge in [-0.05, 0) is 24.1 Å². The molecule has 6 heteroatoms. The molecule has 152 valence electrons. The van der Waals surface area contributed by atoms with Crippen LogP contribution in [0.5, 0.6) is 5.75 Å². The van der Waals surface area contributed by atoms with Crippen molar-refractivity contribution in [3.8, 4) is 5.75 Å². The first kappa shape index (κ1) is 22.6. The van der Waals surface area contributed by atoms with Gasteiger partial charge in [0.2, 0.25) is 0 Å². The van der Waals surface area contributed by atoms with Gasteiger partial charge in [-0.3, -0.25) is 0 Å². The third kappa shape index (κ3) is 6.43. The number of rotatable bonds is 7. The van der Waals surface area contributed by atoms with Gasteiger partial charge in [0.15, 0.2) is 0 Å². The minimum Gasteiger partial charge on any atom is -0.497 e. The molecule has 0 saturated heterocycles. The quantitative estimate of drug-likeness (QED) is 0.318. The third-order valence-electron chi connectivity index (χ3n) is 4.56. The Bertz CT molecular complexity index is 856. The first-order valence-corrected chi connectivity index (χ1v) is 9.20. The van der Waals surface area contributed by atoms with E-state index in [4.69, 9.17) is 9.47 Å². The fourth-order valence-corrected chi connectivity index (χ4v) is 3.15. The van der Waals surface area contributed by atoms with Crippen LogP contribution in [0.25, 0.3) is 0 Å². The number of benzene rings is 1. The molecule has 4 aromatic rings. The molecule has 0 spiro atoms. The number of hydrogen-bond donors (Lipinski definition) is 0. The third-order valence-corrected chi connectivity index (χ3v) is 4.56. The van der Waals surface area contributed by atoms with Gasteiger partial charge in [-0.15, -0.1) is 5.56 Å². The molecule has 0 bridgehead atoms. The maximum Gasteiger partial charge on any atom is 2.00 e. The molecule has 0 radical (unpaired) electrons. The summed E-state index contributed by atoms with van der Waals surface area (Å²) >= 11 is 0. The Morgan fingerprint density at radius 1 is 1.03 bits per heavy atom. The average Bonchev–Trinajstić information content (AvgIpc) is 3.53. The molecule has 1 aromatic heterocycles. The van der Waals surface area contributed by atoms with Gasteiger partial charge < -0.3 is 9.47 Å². The molecule has 0 aliphatic heterocycles. The van der Waals surface area contributed by atoms with E-state index in [1.54, 1.807) is 26.9 Å². The van der Waals surface area contributed by atoms with Crippen LogP contribution in [0.3, 0.4) is 0 Å². The van der Waals surface area contributed by atoms with E-state index in [2.05, 4.69) is 34.3 Å². The second kappa shape index (κ2) is 12.0. The Labute approximate surface area is 182 Å². The smallest absolute Gasteiger partial charge is 0.497 e. The first-order valence-electron chi connectivity index (χ1n) is 9.20. The summed E-state index contributed by atoms with van der Waals surface area (Å²) in [6.45, 7) is 0. The van der Waals surface area contributed by atoms with E-state index in [0.29, 0.717) is 0 Å². The number of ether oxygens (including phenoxy) is 2. The monoisotopic (exact) mass is 431 g/mol. The number of nitrogens with zero attached hydrogens (tertiary/aromatic N) is 3. The maximum atomic E-state index is 5.78. The summed E-state index contributed by atoms with van der Waals surface area (Å²) in [5.74, 6) is 0.852. The van der Waals surface area contributed by atoms with Crippen LogP contribution in [0, 0.1) is 0 Å². The molecule has 2 unspecified atom stereocenters. The summed E-state index contributed by atoms with van der Waals surface area (Å²) in [5.41, 5.74) is 2.33. The SMILES string of the molecule is COc1ccc(CC(C(OC)[c-]2cccc2)n2cncn2)cc1.[Fe+2].c1cc[cH-]c1. The molecule has 0 N–H and O–H groups in total. The minimum absolute atomic E-state index is 0. The molecule has 5 nitrogen and oxygen atoms in total. The standard InChI is InChI=1S/C18H20N3O2.C5H5.Fe/c1-22-16-9-7-14(8-10-16)11-17(21-13-19-12-20-21)18(23-2)15-5-3-4-6-15;1-2-4-5-3-1;/h3-10,12-13,17-18H,11H2,1-2H3;1-5H;/q2*-1;+2. The van der Waals surface area contributed by atoms with Gasteiger partial charge in [0.25, 0.3) is 0 Å². The molecule has 0 aliphatic rings. The summed E-state index contributed by atoms with van der Waals surface area (Å²) in [4.78, 5) is 4.09. The Morgan fingerprint density at radius 3 is 2.21 bits per heavy atom. The van der Waals surface area contributed by atoms with Crippen LogP contribution in [0.1, 0.15) is 23.3 Å². The molecule has 2 atom stereocenters. The predicted molar refractivity (Wildman–Crippen MR) is 110 cm³/mol. The summed E-state index contributed by atoms with van der Waals surface area (Å²) in [6, 6.07) is 26.3. The van der Waals surface area contributed by atoms with Gasteiger partial charge in [0.1, 0.15) is 18.4 Å². The molecule has 0 saturated carbocycles. The van der Waals surface area contributed by atoms with Crippen molar-refractivity contribution in [2.45, 2.75) is 18.6 Å². The number of methoxy groups -OCH3 is 2. The first-order chi connectivity index (χ1) is 13.8. The van der Waals surface area contributed by atoms with Crippen molar-refractivity contribution in [3.05, 3.63) is 103 Å². The van der Waals surface area contributed by atoms with E-state index >= 15 is 0 Å². The number of hydrogen-bond acceptors (Lipinski definition) is 4. The van der Waals surface area contributed by atoms with Crippen molar-refractivity contribution >= 4 is 0 Å². The second-order valence-corrected chi connectivity index (χ2v) is 6.33. The van der Waals surface area contributed by atoms with Gasteiger partial charge in [-0.2, -0.15) is 35.4 Å². The van der Waals surface area contributed by atoms with E-state index < -0.39 is 0 Å². The van der Waals surface area contributed by atoms with Crippen LogP contribution in [0.4, 0.5) is 0 Å². The van der Waals surface area contributed by atoms with Crippen molar-refractivity contribution in [2.24, 2.45) is 0 Å². The van der Waals surface area contributed by atoms with E-state index in [1.807, 2.05) is 59.3 Å². The zero-order chi connectivity index (χ0) is 19.6. The van der Waals surface area contributed by atoms with Gasteiger partial charge in [-0.25, -0.2) is 33.9 Å². The van der Waals surface area contributed by atoms with Crippen LogP contribution in [-0.2, 0) is 28.2 Å². The van der Waals surface area contributed by atoms with Crippen LogP contribution < -0.4 is 4.74 Å². The van der Waals surface area contributed by atoms with E-state index in [-0.39, 0.29) is 29.2 Å².